The minimum absolute atomic E-state index is 0.000438. The van der Waals surface area contributed by atoms with Gasteiger partial charge in [-0.05, 0) is 36.1 Å². The van der Waals surface area contributed by atoms with Gasteiger partial charge < -0.3 is 9.84 Å². The van der Waals surface area contributed by atoms with Gasteiger partial charge in [-0.2, -0.15) is 4.98 Å². The Balaban J connectivity index is 1.30. The highest BCUT2D eigenvalue weighted by Crippen LogP contribution is 2.26. The highest BCUT2D eigenvalue weighted by Gasteiger charge is 2.14. The Morgan fingerprint density at radius 2 is 1.73 bits per heavy atom. The van der Waals surface area contributed by atoms with Crippen LogP contribution in [-0.4, -0.2) is 22.1 Å². The van der Waals surface area contributed by atoms with Crippen LogP contribution in [0.25, 0.3) is 22.2 Å². The molecule has 0 unspecified atom stereocenters. The fourth-order valence-corrected chi connectivity index (χ4v) is 3.55. The molecule has 0 radical (unpaired) electrons. The van der Waals surface area contributed by atoms with E-state index in [-0.39, 0.29) is 11.9 Å². The number of hydrogen-bond donors (Lipinski definition) is 1. The van der Waals surface area contributed by atoms with E-state index in [1.165, 1.54) is 5.56 Å². The van der Waals surface area contributed by atoms with Crippen molar-refractivity contribution in [1.82, 2.24) is 15.5 Å². The van der Waals surface area contributed by atoms with E-state index < -0.39 is 0 Å². The monoisotopic (exact) mass is 399 g/mol. The Hall–Kier alpha value is -3.47. The van der Waals surface area contributed by atoms with Crippen LogP contribution in [0.1, 0.15) is 31.2 Å². The Labute approximate surface area is 176 Å². The van der Waals surface area contributed by atoms with Crippen molar-refractivity contribution in [2.45, 2.75) is 38.6 Å². The molecule has 152 valence electrons. The molecule has 4 rings (SSSR count). The quantitative estimate of drug-likeness (QED) is 0.455. The molecule has 5 heteroatoms. The number of rotatable bonds is 8. The summed E-state index contributed by atoms with van der Waals surface area (Å²) in [6.45, 7) is 2.03. The average molecular weight is 399 g/mol. The van der Waals surface area contributed by atoms with E-state index in [0.29, 0.717) is 24.6 Å². The van der Waals surface area contributed by atoms with Crippen LogP contribution in [-0.2, 0) is 17.6 Å². The van der Waals surface area contributed by atoms with Crippen LogP contribution in [0.2, 0.25) is 0 Å². The molecule has 0 aliphatic rings. The fraction of sp³-hybridized carbons (Fsp3) is 0.240. The van der Waals surface area contributed by atoms with E-state index in [4.69, 9.17) is 4.52 Å². The maximum Gasteiger partial charge on any atom is 0.227 e. The first-order valence-corrected chi connectivity index (χ1v) is 10.3. The Morgan fingerprint density at radius 1 is 0.967 bits per heavy atom. The van der Waals surface area contributed by atoms with Gasteiger partial charge in [0.1, 0.15) is 0 Å². The van der Waals surface area contributed by atoms with Crippen LogP contribution >= 0.6 is 0 Å². The lowest BCUT2D eigenvalue weighted by Gasteiger charge is -2.13. The van der Waals surface area contributed by atoms with Crippen molar-refractivity contribution in [2.24, 2.45) is 0 Å². The first-order chi connectivity index (χ1) is 14.7. The second-order valence-electron chi connectivity index (χ2n) is 7.53. The Bertz CT molecular complexity index is 1120. The van der Waals surface area contributed by atoms with Crippen LogP contribution in [0.4, 0.5) is 0 Å². The number of amides is 1. The van der Waals surface area contributed by atoms with Crippen molar-refractivity contribution < 1.29 is 9.32 Å². The normalized spacial score (nSPS) is 12.0. The van der Waals surface area contributed by atoms with Gasteiger partial charge in [0.25, 0.3) is 0 Å². The first kappa shape index (κ1) is 19.8. The van der Waals surface area contributed by atoms with E-state index in [0.717, 1.165) is 29.2 Å². The van der Waals surface area contributed by atoms with E-state index >= 15 is 0 Å². The van der Waals surface area contributed by atoms with Crippen molar-refractivity contribution in [2.75, 3.05) is 0 Å². The van der Waals surface area contributed by atoms with E-state index in [1.807, 2.05) is 55.5 Å². The molecule has 1 aromatic heterocycles. The maximum absolute atomic E-state index is 12.3. The summed E-state index contributed by atoms with van der Waals surface area (Å²) in [5.74, 6) is 1.03. The number of hydrogen-bond acceptors (Lipinski definition) is 4. The zero-order chi connectivity index (χ0) is 20.8. The highest BCUT2D eigenvalue weighted by atomic mass is 16.5. The van der Waals surface area contributed by atoms with Gasteiger partial charge in [0.05, 0.1) is 0 Å². The summed E-state index contributed by atoms with van der Waals surface area (Å²) >= 11 is 0. The Morgan fingerprint density at radius 3 is 2.60 bits per heavy atom. The molecule has 1 amide bonds. The molecule has 0 aliphatic carbocycles. The van der Waals surface area contributed by atoms with E-state index in [9.17, 15) is 4.79 Å². The third-order valence-electron chi connectivity index (χ3n) is 5.18. The number of nitrogens with zero attached hydrogens (tertiary/aromatic N) is 2. The minimum Gasteiger partial charge on any atom is -0.354 e. The zero-order valence-electron chi connectivity index (χ0n) is 17.0. The molecule has 0 fully saturated rings. The topological polar surface area (TPSA) is 68.0 Å². The predicted octanol–water partition coefficient (Wildman–Crippen LogP) is 4.96. The van der Waals surface area contributed by atoms with Crippen LogP contribution < -0.4 is 5.32 Å². The van der Waals surface area contributed by atoms with Gasteiger partial charge in [-0.25, -0.2) is 0 Å². The van der Waals surface area contributed by atoms with Crippen molar-refractivity contribution >= 4 is 16.7 Å². The summed E-state index contributed by atoms with van der Waals surface area (Å²) in [5.41, 5.74) is 2.22. The van der Waals surface area contributed by atoms with Crippen molar-refractivity contribution in [3.63, 3.8) is 0 Å². The van der Waals surface area contributed by atoms with Gasteiger partial charge >= 0.3 is 0 Å². The van der Waals surface area contributed by atoms with Gasteiger partial charge in [-0.15, -0.1) is 0 Å². The molecule has 0 bridgehead atoms. The molecule has 1 N–H and O–H groups in total. The van der Waals surface area contributed by atoms with Crippen LogP contribution in [0.15, 0.2) is 77.3 Å². The molecule has 3 aromatic carbocycles. The molecule has 1 heterocycles. The first-order valence-electron chi connectivity index (χ1n) is 10.3. The van der Waals surface area contributed by atoms with Crippen LogP contribution in [0, 0.1) is 0 Å². The van der Waals surface area contributed by atoms with Crippen LogP contribution in [0.3, 0.4) is 0 Å². The van der Waals surface area contributed by atoms with Crippen LogP contribution in [0.5, 0.6) is 0 Å². The largest absolute Gasteiger partial charge is 0.354 e. The third kappa shape index (κ3) is 4.92. The SMILES string of the molecule is C[C@H](CCc1ccccc1)NC(=O)CCc1nc(-c2cccc3ccccc23)no1. The Kier molecular flexibility index (Phi) is 6.18. The molecule has 5 nitrogen and oxygen atoms in total. The lowest BCUT2D eigenvalue weighted by molar-refractivity contribution is -0.121. The third-order valence-corrected chi connectivity index (χ3v) is 5.18. The van der Waals surface area contributed by atoms with Crippen molar-refractivity contribution in [1.29, 1.82) is 0 Å². The highest BCUT2D eigenvalue weighted by molar-refractivity contribution is 5.94. The molecule has 4 aromatic rings. The number of fused-ring (bicyclic) bond motifs is 1. The summed E-state index contributed by atoms with van der Waals surface area (Å²) in [4.78, 5) is 16.8. The molecule has 0 saturated carbocycles. The predicted molar refractivity (Wildman–Crippen MR) is 118 cm³/mol. The summed E-state index contributed by atoms with van der Waals surface area (Å²) in [6.07, 6.45) is 2.60. The minimum atomic E-state index is 0.000438. The molecular weight excluding hydrogens is 374 g/mol. The smallest absolute Gasteiger partial charge is 0.227 e. The number of benzene rings is 3. The van der Waals surface area contributed by atoms with E-state index in [2.05, 4.69) is 39.7 Å². The molecule has 30 heavy (non-hydrogen) atoms. The van der Waals surface area contributed by atoms with Gasteiger partial charge in [0.15, 0.2) is 0 Å². The molecule has 0 aliphatic heterocycles. The average Bonchev–Trinajstić information content (AvgIpc) is 3.25. The molecule has 0 saturated heterocycles. The van der Waals surface area contributed by atoms with Crippen molar-refractivity contribution in [3.05, 3.63) is 84.3 Å². The number of carbonyl (C=O) groups is 1. The van der Waals surface area contributed by atoms with Gasteiger partial charge in [0, 0.05) is 24.4 Å². The fourth-order valence-electron chi connectivity index (χ4n) is 3.55. The van der Waals surface area contributed by atoms with Gasteiger partial charge in [-0.1, -0.05) is 78.0 Å². The summed E-state index contributed by atoms with van der Waals surface area (Å²) < 4.78 is 5.39. The van der Waals surface area contributed by atoms with Gasteiger partial charge in [0.2, 0.25) is 17.6 Å². The van der Waals surface area contributed by atoms with E-state index in [1.54, 1.807) is 0 Å². The number of carbonyl (C=O) groups excluding carboxylic acids is 1. The number of aromatic nitrogens is 2. The lowest BCUT2D eigenvalue weighted by atomic mass is 10.0. The zero-order valence-corrected chi connectivity index (χ0v) is 17.0. The molecular formula is C25H25N3O2. The molecule has 0 spiro atoms. The second-order valence-corrected chi connectivity index (χ2v) is 7.53. The maximum atomic E-state index is 12.3. The number of nitrogens with one attached hydrogen (secondary N) is 1. The second kappa shape index (κ2) is 9.35. The molecule has 1 atom stereocenters. The summed E-state index contributed by atoms with van der Waals surface area (Å²) in [7, 11) is 0. The standard InChI is InChI=1S/C25H25N3O2/c1-18(14-15-19-8-3-2-4-9-19)26-23(29)16-17-24-27-25(28-30-24)22-13-7-11-20-10-5-6-12-21(20)22/h2-13,18H,14-17H2,1H3,(H,26,29)/t18-/m1/s1. The van der Waals surface area contributed by atoms with Crippen molar-refractivity contribution in [3.8, 4) is 11.4 Å². The summed E-state index contributed by atoms with van der Waals surface area (Å²) in [6, 6.07) is 24.6. The number of aryl methyl sites for hydroxylation is 2. The summed E-state index contributed by atoms with van der Waals surface area (Å²) in [5, 5.41) is 9.39. The lowest BCUT2D eigenvalue weighted by Crippen LogP contribution is -2.33. The van der Waals surface area contributed by atoms with Gasteiger partial charge in [-0.3, -0.25) is 4.79 Å².